The monoisotopic (exact) mass is 420 g/mol. The predicted molar refractivity (Wildman–Crippen MR) is 117 cm³/mol. The maximum absolute atomic E-state index is 12.9. The second-order valence-corrected chi connectivity index (χ2v) is 8.08. The second kappa shape index (κ2) is 7.72. The fourth-order valence-corrected chi connectivity index (χ4v) is 4.31. The minimum atomic E-state index is -0.472. The average Bonchev–Trinajstić information content (AvgIpc) is 3.26. The maximum atomic E-state index is 12.9. The van der Waals surface area contributed by atoms with Crippen molar-refractivity contribution in [2.24, 2.45) is 0 Å². The summed E-state index contributed by atoms with van der Waals surface area (Å²) in [6, 6.07) is 11.6. The summed E-state index contributed by atoms with van der Waals surface area (Å²) in [5, 5.41) is 8.70. The van der Waals surface area contributed by atoms with Crippen LogP contribution in [0.2, 0.25) is 0 Å². The van der Waals surface area contributed by atoms with Gasteiger partial charge >= 0.3 is 5.97 Å². The van der Waals surface area contributed by atoms with Gasteiger partial charge in [-0.05, 0) is 44.5 Å². The summed E-state index contributed by atoms with van der Waals surface area (Å²) in [5.74, 6) is -0.186. The van der Waals surface area contributed by atoms with Crippen LogP contribution in [0.1, 0.15) is 36.9 Å². The number of amides is 1. The molecule has 7 nitrogen and oxygen atoms in total. The van der Waals surface area contributed by atoms with Crippen molar-refractivity contribution >= 4 is 39.1 Å². The Balaban J connectivity index is 1.66. The molecule has 0 bridgehead atoms. The molecule has 1 N–H and O–H groups in total. The van der Waals surface area contributed by atoms with Gasteiger partial charge in [-0.1, -0.05) is 18.2 Å². The summed E-state index contributed by atoms with van der Waals surface area (Å²) in [7, 11) is 1.32. The van der Waals surface area contributed by atoms with E-state index in [1.165, 1.54) is 24.6 Å². The van der Waals surface area contributed by atoms with Gasteiger partial charge in [0.05, 0.1) is 35.6 Å². The molecule has 8 heteroatoms. The van der Waals surface area contributed by atoms with Crippen molar-refractivity contribution < 1.29 is 14.3 Å². The number of nitrogens with zero attached hydrogens (tertiary/aromatic N) is 3. The first-order valence-corrected chi connectivity index (χ1v) is 10.1. The van der Waals surface area contributed by atoms with Gasteiger partial charge in [0.25, 0.3) is 5.91 Å². The zero-order valence-corrected chi connectivity index (χ0v) is 17.8. The summed E-state index contributed by atoms with van der Waals surface area (Å²) < 4.78 is 6.50. The Morgan fingerprint density at radius 2 is 1.87 bits per heavy atom. The summed E-state index contributed by atoms with van der Waals surface area (Å²) in [6.07, 6.45) is 1.51. The number of anilines is 1. The highest BCUT2D eigenvalue weighted by molar-refractivity contribution is 7.16. The Morgan fingerprint density at radius 1 is 1.10 bits per heavy atom. The molecular weight excluding hydrogens is 400 g/mol. The molecule has 1 amide bonds. The van der Waals surface area contributed by atoms with Gasteiger partial charge in [-0.25, -0.2) is 14.5 Å². The van der Waals surface area contributed by atoms with Gasteiger partial charge in [-0.2, -0.15) is 5.10 Å². The molecule has 0 aliphatic heterocycles. The summed E-state index contributed by atoms with van der Waals surface area (Å²) >= 11 is 1.35. The zero-order chi connectivity index (χ0) is 21.4. The Kier molecular flexibility index (Phi) is 5.09. The van der Waals surface area contributed by atoms with E-state index in [9.17, 15) is 9.59 Å². The van der Waals surface area contributed by atoms with Gasteiger partial charge in [0.2, 0.25) is 0 Å². The molecule has 0 aliphatic rings. The minimum Gasteiger partial charge on any atom is -0.465 e. The number of para-hydroxylation sites is 1. The number of benzene rings is 1. The van der Waals surface area contributed by atoms with Crippen LogP contribution in [0.25, 0.3) is 16.7 Å². The SMILES string of the molecule is COC(=O)c1c(NC(=O)c2cnn(-c3ccc4ccccc4n3)c2C)sc(C)c1C. The zero-order valence-electron chi connectivity index (χ0n) is 17.0. The first-order valence-electron chi connectivity index (χ1n) is 9.31. The number of nitrogens with one attached hydrogen (secondary N) is 1. The van der Waals surface area contributed by atoms with Gasteiger partial charge in [0.1, 0.15) is 5.00 Å². The number of pyridine rings is 1. The summed E-state index contributed by atoms with van der Waals surface area (Å²) in [6.45, 7) is 5.55. The van der Waals surface area contributed by atoms with E-state index in [1.54, 1.807) is 4.68 Å². The molecule has 4 rings (SSSR count). The normalized spacial score (nSPS) is 10.9. The fourth-order valence-electron chi connectivity index (χ4n) is 3.27. The molecule has 3 heterocycles. The number of hydrogen-bond acceptors (Lipinski definition) is 6. The molecule has 4 aromatic rings. The third-order valence-electron chi connectivity index (χ3n) is 5.06. The third-order valence-corrected chi connectivity index (χ3v) is 6.18. The average molecular weight is 420 g/mol. The minimum absolute atomic E-state index is 0.342. The lowest BCUT2D eigenvalue weighted by Crippen LogP contribution is -2.15. The number of carbonyl (C=O) groups is 2. The van der Waals surface area contributed by atoms with Crippen molar-refractivity contribution in [1.29, 1.82) is 0 Å². The Morgan fingerprint density at radius 3 is 2.63 bits per heavy atom. The van der Waals surface area contributed by atoms with Crippen LogP contribution in [0.3, 0.4) is 0 Å². The van der Waals surface area contributed by atoms with E-state index in [-0.39, 0.29) is 5.91 Å². The predicted octanol–water partition coefficient (Wildman–Crippen LogP) is 4.45. The smallest absolute Gasteiger partial charge is 0.341 e. The highest BCUT2D eigenvalue weighted by Crippen LogP contribution is 2.33. The van der Waals surface area contributed by atoms with Crippen molar-refractivity contribution in [3.8, 4) is 5.82 Å². The van der Waals surface area contributed by atoms with Gasteiger partial charge < -0.3 is 10.1 Å². The van der Waals surface area contributed by atoms with Crippen LogP contribution >= 0.6 is 11.3 Å². The summed E-state index contributed by atoms with van der Waals surface area (Å²) in [4.78, 5) is 30.7. The van der Waals surface area contributed by atoms with E-state index in [1.807, 2.05) is 57.2 Å². The molecule has 1 aromatic carbocycles. The molecule has 0 aliphatic carbocycles. The molecule has 0 fully saturated rings. The van der Waals surface area contributed by atoms with Crippen LogP contribution in [0, 0.1) is 20.8 Å². The largest absolute Gasteiger partial charge is 0.465 e. The van der Waals surface area contributed by atoms with Crippen LogP contribution < -0.4 is 5.32 Å². The lowest BCUT2D eigenvalue weighted by molar-refractivity contribution is 0.0601. The maximum Gasteiger partial charge on any atom is 0.341 e. The van der Waals surface area contributed by atoms with Gasteiger partial charge in [0.15, 0.2) is 5.82 Å². The van der Waals surface area contributed by atoms with Crippen LogP contribution in [0.4, 0.5) is 5.00 Å². The fraction of sp³-hybridized carbons (Fsp3) is 0.182. The van der Waals surface area contributed by atoms with Crippen molar-refractivity contribution in [3.63, 3.8) is 0 Å². The number of fused-ring (bicyclic) bond motifs is 1. The van der Waals surface area contributed by atoms with Gasteiger partial charge in [0, 0.05) is 10.3 Å². The molecule has 0 atom stereocenters. The molecule has 0 unspecified atom stereocenters. The number of thiophene rings is 1. The van der Waals surface area contributed by atoms with Crippen LogP contribution in [0.15, 0.2) is 42.6 Å². The molecule has 0 spiro atoms. The molecule has 30 heavy (non-hydrogen) atoms. The van der Waals surface area contributed by atoms with Gasteiger partial charge in [-0.15, -0.1) is 11.3 Å². The van der Waals surface area contributed by atoms with Crippen molar-refractivity contribution in [1.82, 2.24) is 14.8 Å². The third kappa shape index (κ3) is 3.35. The van der Waals surface area contributed by atoms with E-state index < -0.39 is 5.97 Å². The number of ether oxygens (including phenoxy) is 1. The van der Waals surface area contributed by atoms with Crippen molar-refractivity contribution in [2.75, 3.05) is 12.4 Å². The first-order chi connectivity index (χ1) is 14.4. The van der Waals surface area contributed by atoms with Crippen LogP contribution in [-0.4, -0.2) is 33.8 Å². The number of carbonyl (C=O) groups excluding carboxylic acids is 2. The highest BCUT2D eigenvalue weighted by atomic mass is 32.1. The van der Waals surface area contributed by atoms with Crippen LogP contribution in [0.5, 0.6) is 0 Å². The van der Waals surface area contributed by atoms with Gasteiger partial charge in [-0.3, -0.25) is 4.79 Å². The molecular formula is C22H20N4O3S. The Hall–Kier alpha value is -3.52. The molecule has 152 valence electrons. The van der Waals surface area contributed by atoms with E-state index in [2.05, 4.69) is 15.4 Å². The quantitative estimate of drug-likeness (QED) is 0.493. The Bertz CT molecular complexity index is 1290. The molecule has 3 aromatic heterocycles. The number of aryl methyl sites for hydroxylation is 1. The lowest BCUT2D eigenvalue weighted by atomic mass is 10.1. The standard InChI is InChI=1S/C22H20N4O3S/c1-12-14(3)30-21(19(12)22(28)29-4)25-20(27)16-11-23-26(13(16)2)18-10-9-15-7-5-6-8-17(15)24-18/h5-11H,1-4H3,(H,25,27). The first kappa shape index (κ1) is 19.8. The van der Waals surface area contributed by atoms with E-state index >= 15 is 0 Å². The number of hydrogen-bond donors (Lipinski definition) is 1. The van der Waals surface area contributed by atoms with Crippen molar-refractivity contribution in [3.05, 3.63) is 69.9 Å². The van der Waals surface area contributed by atoms with Crippen LogP contribution in [-0.2, 0) is 4.74 Å². The molecule has 0 saturated carbocycles. The lowest BCUT2D eigenvalue weighted by Gasteiger charge is -2.07. The van der Waals surface area contributed by atoms with E-state index in [0.717, 1.165) is 21.3 Å². The van der Waals surface area contributed by atoms with Crippen molar-refractivity contribution in [2.45, 2.75) is 20.8 Å². The van der Waals surface area contributed by atoms with E-state index in [4.69, 9.17) is 4.74 Å². The number of methoxy groups -OCH3 is 1. The topological polar surface area (TPSA) is 86.1 Å². The number of esters is 1. The molecule has 0 radical (unpaired) electrons. The highest BCUT2D eigenvalue weighted by Gasteiger charge is 2.23. The van der Waals surface area contributed by atoms with E-state index in [0.29, 0.717) is 27.6 Å². The Labute approximate surface area is 177 Å². The molecule has 0 saturated heterocycles. The number of aromatic nitrogens is 3. The second-order valence-electron chi connectivity index (χ2n) is 6.85. The number of rotatable bonds is 4. The summed E-state index contributed by atoms with van der Waals surface area (Å²) in [5.41, 5.74) is 3.09.